The predicted octanol–water partition coefficient (Wildman–Crippen LogP) is 2.02. The van der Waals surface area contributed by atoms with Crippen LogP contribution in [0.25, 0.3) is 0 Å². The Bertz CT molecular complexity index is 478. The van der Waals surface area contributed by atoms with Crippen LogP contribution in [-0.4, -0.2) is 64.7 Å². The third-order valence-corrected chi connectivity index (χ3v) is 4.98. The van der Waals surface area contributed by atoms with Gasteiger partial charge in [0.25, 0.3) is 0 Å². The summed E-state index contributed by atoms with van der Waals surface area (Å²) in [5, 5.41) is 21.1. The van der Waals surface area contributed by atoms with Crippen molar-refractivity contribution in [1.82, 2.24) is 4.90 Å². The van der Waals surface area contributed by atoms with Gasteiger partial charge in [0.2, 0.25) is 0 Å². The fourth-order valence-corrected chi connectivity index (χ4v) is 3.70. The van der Waals surface area contributed by atoms with E-state index in [0.717, 1.165) is 0 Å². The van der Waals surface area contributed by atoms with Gasteiger partial charge in [-0.15, -0.1) is 0 Å². The number of carbonyl (C=O) groups is 2. The van der Waals surface area contributed by atoms with Gasteiger partial charge in [0.1, 0.15) is 11.0 Å². The van der Waals surface area contributed by atoms with Crippen LogP contribution in [0.3, 0.4) is 0 Å². The van der Waals surface area contributed by atoms with Crippen molar-refractivity contribution in [2.24, 2.45) is 5.41 Å². The van der Waals surface area contributed by atoms with Gasteiger partial charge in [-0.25, -0.2) is 4.79 Å². The normalized spacial score (nSPS) is 32.1. The Morgan fingerprint density at radius 2 is 1.83 bits per heavy atom. The average molecular weight is 343 g/mol. The van der Waals surface area contributed by atoms with E-state index in [2.05, 4.69) is 0 Å². The van der Waals surface area contributed by atoms with Crippen LogP contribution >= 0.6 is 0 Å². The number of ether oxygens (including phenoxy) is 2. The number of aliphatic hydroxyl groups is 1. The maximum absolute atomic E-state index is 12.4. The van der Waals surface area contributed by atoms with E-state index in [0.29, 0.717) is 45.4 Å². The van der Waals surface area contributed by atoms with Gasteiger partial charge >= 0.3 is 12.1 Å². The van der Waals surface area contributed by atoms with E-state index in [1.165, 1.54) is 4.90 Å². The molecule has 0 radical (unpaired) electrons. The Morgan fingerprint density at radius 1 is 1.12 bits per heavy atom. The highest BCUT2D eigenvalue weighted by molar-refractivity contribution is 5.78. The number of carboxylic acids is 1. The van der Waals surface area contributed by atoms with Crippen LogP contribution in [0, 0.1) is 5.41 Å². The van der Waals surface area contributed by atoms with E-state index >= 15 is 0 Å². The molecule has 0 spiro atoms. The number of hydrogen-bond acceptors (Lipinski definition) is 5. The molecule has 138 valence electrons. The van der Waals surface area contributed by atoms with Gasteiger partial charge in [-0.3, -0.25) is 4.79 Å². The minimum Gasteiger partial charge on any atom is -0.481 e. The molecule has 24 heavy (non-hydrogen) atoms. The summed E-state index contributed by atoms with van der Waals surface area (Å²) in [6.07, 6.45) is 1.58. The van der Waals surface area contributed by atoms with E-state index < -0.39 is 28.7 Å². The Morgan fingerprint density at radius 3 is 2.46 bits per heavy atom. The molecule has 0 aliphatic carbocycles. The largest absolute Gasteiger partial charge is 0.481 e. The summed E-state index contributed by atoms with van der Waals surface area (Å²) in [6.45, 7) is 6.58. The van der Waals surface area contributed by atoms with E-state index in [9.17, 15) is 19.8 Å². The molecular weight excluding hydrogens is 314 g/mol. The molecule has 0 aromatic heterocycles. The summed E-state index contributed by atoms with van der Waals surface area (Å²) >= 11 is 0. The number of aliphatic carboxylic acids is 1. The highest BCUT2D eigenvalue weighted by atomic mass is 16.6. The zero-order valence-electron chi connectivity index (χ0n) is 14.8. The minimum absolute atomic E-state index is 0.0340. The van der Waals surface area contributed by atoms with Crippen molar-refractivity contribution in [2.75, 3.05) is 26.3 Å². The molecule has 2 N–H and O–H groups in total. The summed E-state index contributed by atoms with van der Waals surface area (Å²) in [5.41, 5.74) is -3.40. The van der Waals surface area contributed by atoms with Crippen LogP contribution < -0.4 is 0 Å². The summed E-state index contributed by atoms with van der Waals surface area (Å²) in [7, 11) is 0. The summed E-state index contributed by atoms with van der Waals surface area (Å²) in [5.74, 6) is -1.06. The standard InChI is InChI=1S/C17H29NO6/c1-15(2,3)24-14(21)18-9-4-6-16(12-18,13(19)20)17(22)7-5-10-23-11-8-17/h22H,4-12H2,1-3H3,(H,19,20). The zero-order valence-corrected chi connectivity index (χ0v) is 14.8. The quantitative estimate of drug-likeness (QED) is 0.796. The molecule has 7 nitrogen and oxygen atoms in total. The fourth-order valence-electron chi connectivity index (χ4n) is 3.70. The molecule has 1 amide bonds. The summed E-state index contributed by atoms with van der Waals surface area (Å²) in [6, 6.07) is 0. The molecule has 2 unspecified atom stereocenters. The highest BCUT2D eigenvalue weighted by Gasteiger charge is 2.58. The van der Waals surface area contributed by atoms with Crippen LogP contribution in [0.5, 0.6) is 0 Å². The lowest BCUT2D eigenvalue weighted by Gasteiger charge is -2.49. The number of rotatable bonds is 2. The number of carboxylic acid groups (broad SMARTS) is 1. The molecule has 2 saturated heterocycles. The lowest BCUT2D eigenvalue weighted by atomic mass is 9.64. The fraction of sp³-hybridized carbons (Fsp3) is 0.882. The Hall–Kier alpha value is -1.34. The van der Waals surface area contributed by atoms with Crippen molar-refractivity contribution in [3.8, 4) is 0 Å². The van der Waals surface area contributed by atoms with E-state index in [4.69, 9.17) is 9.47 Å². The number of likely N-dealkylation sites (tertiary alicyclic amines) is 1. The lowest BCUT2D eigenvalue weighted by Crippen LogP contribution is -2.62. The molecule has 0 bridgehead atoms. The van der Waals surface area contributed by atoms with Crippen molar-refractivity contribution < 1.29 is 29.3 Å². The van der Waals surface area contributed by atoms with E-state index in [1.807, 2.05) is 0 Å². The first-order valence-electron chi connectivity index (χ1n) is 8.61. The van der Waals surface area contributed by atoms with Crippen molar-refractivity contribution in [3.63, 3.8) is 0 Å². The second-order valence-corrected chi connectivity index (χ2v) is 7.89. The average Bonchev–Trinajstić information content (AvgIpc) is 2.71. The third-order valence-electron chi connectivity index (χ3n) is 4.98. The van der Waals surface area contributed by atoms with E-state index in [1.54, 1.807) is 20.8 Å². The van der Waals surface area contributed by atoms with Crippen LogP contribution in [0.1, 0.15) is 52.9 Å². The molecule has 2 aliphatic heterocycles. The first kappa shape index (κ1) is 19.0. The maximum Gasteiger partial charge on any atom is 0.410 e. The van der Waals surface area contributed by atoms with Gasteiger partial charge in [0.05, 0.1) is 5.60 Å². The summed E-state index contributed by atoms with van der Waals surface area (Å²) in [4.78, 5) is 26.0. The van der Waals surface area contributed by atoms with E-state index in [-0.39, 0.29) is 13.0 Å². The Labute approximate surface area is 142 Å². The molecule has 0 aromatic carbocycles. The Kier molecular flexibility index (Phi) is 5.44. The van der Waals surface area contributed by atoms with Gasteiger partial charge in [-0.2, -0.15) is 0 Å². The molecule has 2 rings (SSSR count). The molecule has 0 aromatic rings. The topological polar surface area (TPSA) is 96.3 Å². The Balaban J connectivity index is 2.25. The molecule has 7 heteroatoms. The number of piperidine rings is 1. The predicted molar refractivity (Wildman–Crippen MR) is 86.7 cm³/mol. The van der Waals surface area contributed by atoms with Gasteiger partial charge in [-0.1, -0.05) is 0 Å². The second-order valence-electron chi connectivity index (χ2n) is 7.89. The third kappa shape index (κ3) is 3.83. The minimum atomic E-state index is -1.38. The van der Waals surface area contributed by atoms with Crippen LogP contribution in [0.2, 0.25) is 0 Å². The van der Waals surface area contributed by atoms with Crippen LogP contribution in [0.4, 0.5) is 4.79 Å². The number of amides is 1. The second kappa shape index (κ2) is 6.88. The highest BCUT2D eigenvalue weighted by Crippen LogP contribution is 2.46. The first-order chi connectivity index (χ1) is 11.1. The number of hydrogen-bond donors (Lipinski definition) is 2. The number of nitrogens with zero attached hydrogens (tertiary/aromatic N) is 1. The van der Waals surface area contributed by atoms with Gasteiger partial charge < -0.3 is 24.6 Å². The smallest absolute Gasteiger partial charge is 0.410 e. The molecule has 2 heterocycles. The lowest BCUT2D eigenvalue weighted by molar-refractivity contribution is -0.180. The monoisotopic (exact) mass is 343 g/mol. The van der Waals surface area contributed by atoms with Gasteiger partial charge in [-0.05, 0) is 46.5 Å². The van der Waals surface area contributed by atoms with Crippen LogP contribution in [-0.2, 0) is 14.3 Å². The van der Waals surface area contributed by atoms with Gasteiger partial charge in [0.15, 0.2) is 0 Å². The molecule has 2 atom stereocenters. The van der Waals surface area contributed by atoms with Crippen molar-refractivity contribution in [2.45, 2.75) is 64.1 Å². The maximum atomic E-state index is 12.4. The molecule has 0 saturated carbocycles. The van der Waals surface area contributed by atoms with Crippen molar-refractivity contribution >= 4 is 12.1 Å². The summed E-state index contributed by atoms with van der Waals surface area (Å²) < 4.78 is 10.8. The molecular formula is C17H29NO6. The van der Waals surface area contributed by atoms with Crippen molar-refractivity contribution in [3.05, 3.63) is 0 Å². The zero-order chi connectivity index (χ0) is 18.0. The molecule has 2 fully saturated rings. The van der Waals surface area contributed by atoms with Gasteiger partial charge in [0, 0.05) is 32.7 Å². The van der Waals surface area contributed by atoms with Crippen LogP contribution in [0.15, 0.2) is 0 Å². The SMILES string of the molecule is CC(C)(C)OC(=O)N1CCCC(C(=O)O)(C2(O)CCCOCC2)C1. The molecule has 2 aliphatic rings. The van der Waals surface area contributed by atoms with Crippen molar-refractivity contribution in [1.29, 1.82) is 0 Å². The first-order valence-corrected chi connectivity index (χ1v) is 8.61. The number of carbonyl (C=O) groups excluding carboxylic acids is 1.